The summed E-state index contributed by atoms with van der Waals surface area (Å²) in [6, 6.07) is 10.8. The maximum absolute atomic E-state index is 12.3. The summed E-state index contributed by atoms with van der Waals surface area (Å²) < 4.78 is 6.08. The van der Waals surface area contributed by atoms with Crippen molar-refractivity contribution in [2.24, 2.45) is 0 Å². The van der Waals surface area contributed by atoms with Gasteiger partial charge in [0.05, 0.1) is 22.0 Å². The van der Waals surface area contributed by atoms with Crippen LogP contribution in [0.1, 0.15) is 34.1 Å². The van der Waals surface area contributed by atoms with Crippen molar-refractivity contribution in [3.8, 4) is 0 Å². The van der Waals surface area contributed by atoms with Crippen molar-refractivity contribution >= 4 is 61.6 Å². The Bertz CT molecular complexity index is 1080. The first kappa shape index (κ1) is 21.5. The number of amides is 1. The highest BCUT2D eigenvalue weighted by molar-refractivity contribution is 9.10. The largest absolute Gasteiger partial charge is 0.456 e. The van der Waals surface area contributed by atoms with Crippen LogP contribution in [0.5, 0.6) is 0 Å². The van der Waals surface area contributed by atoms with Crippen LogP contribution in [0.15, 0.2) is 46.3 Å². The number of carbonyl (C=O) groups excluding carboxylic acids is 2. The fourth-order valence-corrected chi connectivity index (χ4v) is 4.14. The number of benzene rings is 2. The minimum absolute atomic E-state index is 0.0171. The van der Waals surface area contributed by atoms with Crippen molar-refractivity contribution < 1.29 is 14.3 Å². The summed E-state index contributed by atoms with van der Waals surface area (Å²) in [7, 11) is 0. The molecular formula is C21H18BrClN2O3S. The molecule has 0 aliphatic carbocycles. The van der Waals surface area contributed by atoms with Crippen LogP contribution >= 0.6 is 38.9 Å². The monoisotopic (exact) mass is 492 g/mol. The van der Waals surface area contributed by atoms with Gasteiger partial charge in [-0.15, -0.1) is 11.3 Å². The lowest BCUT2D eigenvalue weighted by Crippen LogP contribution is -2.23. The third kappa shape index (κ3) is 4.86. The van der Waals surface area contributed by atoms with Crippen molar-refractivity contribution in [1.82, 2.24) is 4.98 Å². The number of carbonyl (C=O) groups is 2. The number of esters is 1. The Hall–Kier alpha value is -2.22. The lowest BCUT2D eigenvalue weighted by atomic mass is 10.1. The Balaban J connectivity index is 1.78. The molecule has 0 spiro atoms. The second kappa shape index (κ2) is 9.07. The number of thiazole rings is 1. The van der Waals surface area contributed by atoms with Gasteiger partial charge in [-0.25, -0.2) is 9.78 Å². The van der Waals surface area contributed by atoms with Gasteiger partial charge in [0.1, 0.15) is 6.61 Å². The van der Waals surface area contributed by atoms with Gasteiger partial charge in [-0.2, -0.15) is 0 Å². The number of anilines is 2. The first-order valence-electron chi connectivity index (χ1n) is 8.71. The summed E-state index contributed by atoms with van der Waals surface area (Å²) in [4.78, 5) is 30.7. The highest BCUT2D eigenvalue weighted by Gasteiger charge is 2.21. The van der Waals surface area contributed by atoms with Crippen LogP contribution in [0.4, 0.5) is 10.8 Å². The summed E-state index contributed by atoms with van der Waals surface area (Å²) in [6.45, 7) is 5.45. The zero-order chi connectivity index (χ0) is 21.1. The van der Waals surface area contributed by atoms with Gasteiger partial charge in [0.2, 0.25) is 5.91 Å². The Labute approximate surface area is 186 Å². The van der Waals surface area contributed by atoms with Crippen molar-refractivity contribution in [3.05, 3.63) is 73.7 Å². The lowest BCUT2D eigenvalue weighted by Gasteiger charge is -2.21. The highest BCUT2D eigenvalue weighted by atomic mass is 79.9. The van der Waals surface area contributed by atoms with Crippen LogP contribution in [-0.2, 0) is 16.1 Å². The average Bonchev–Trinajstić information content (AvgIpc) is 3.13. The summed E-state index contributed by atoms with van der Waals surface area (Å²) in [5, 5.41) is 2.61. The molecule has 1 aromatic heterocycles. The summed E-state index contributed by atoms with van der Waals surface area (Å²) in [5.74, 6) is -0.679. The second-order valence-corrected chi connectivity index (χ2v) is 8.55. The van der Waals surface area contributed by atoms with Gasteiger partial charge in [0, 0.05) is 16.8 Å². The molecule has 0 aliphatic heterocycles. The number of aromatic nitrogens is 1. The molecule has 0 saturated heterocycles. The van der Waals surface area contributed by atoms with E-state index in [-0.39, 0.29) is 18.1 Å². The molecule has 0 bridgehead atoms. The van der Waals surface area contributed by atoms with Gasteiger partial charge >= 0.3 is 5.97 Å². The Morgan fingerprint density at radius 1 is 1.24 bits per heavy atom. The van der Waals surface area contributed by atoms with Gasteiger partial charge in [-0.1, -0.05) is 39.7 Å². The van der Waals surface area contributed by atoms with Crippen molar-refractivity contribution in [2.45, 2.75) is 27.4 Å². The van der Waals surface area contributed by atoms with E-state index in [2.05, 4.69) is 20.9 Å². The van der Waals surface area contributed by atoms with Crippen molar-refractivity contribution in [3.63, 3.8) is 0 Å². The molecule has 1 amide bonds. The first-order chi connectivity index (χ1) is 13.8. The number of ether oxygens (including phenoxy) is 1. The average molecular weight is 494 g/mol. The highest BCUT2D eigenvalue weighted by Crippen LogP contribution is 2.32. The number of halogens is 2. The molecule has 0 fully saturated rings. The number of hydrogen-bond acceptors (Lipinski definition) is 5. The summed E-state index contributed by atoms with van der Waals surface area (Å²) >= 11 is 10.7. The minimum Gasteiger partial charge on any atom is -0.456 e. The van der Waals surface area contributed by atoms with E-state index in [1.54, 1.807) is 28.5 Å². The predicted octanol–water partition coefficient (Wildman–Crippen LogP) is 6.22. The van der Waals surface area contributed by atoms with Crippen LogP contribution in [0.2, 0.25) is 5.02 Å². The zero-order valence-electron chi connectivity index (χ0n) is 16.0. The molecule has 5 nitrogen and oxygen atoms in total. The molecule has 0 radical (unpaired) electrons. The molecule has 0 atom stereocenters. The predicted molar refractivity (Wildman–Crippen MR) is 119 cm³/mol. The third-order valence-corrected chi connectivity index (χ3v) is 6.06. The molecule has 3 rings (SSSR count). The van der Waals surface area contributed by atoms with Gasteiger partial charge in [0.15, 0.2) is 5.13 Å². The SMILES string of the molecule is CC(=O)N(c1nc(COC(=O)c2cc(Br)ccc2Cl)cs1)c1cccc(C)c1C. The number of rotatable bonds is 5. The van der Waals surface area contributed by atoms with Crippen LogP contribution in [-0.4, -0.2) is 16.9 Å². The van der Waals surface area contributed by atoms with E-state index in [1.165, 1.54) is 18.3 Å². The maximum atomic E-state index is 12.3. The van der Waals surface area contributed by atoms with E-state index in [0.29, 0.717) is 15.8 Å². The summed E-state index contributed by atoms with van der Waals surface area (Å²) in [5.41, 5.74) is 3.72. The van der Waals surface area contributed by atoms with E-state index in [4.69, 9.17) is 16.3 Å². The molecule has 0 saturated carbocycles. The second-order valence-electron chi connectivity index (χ2n) is 6.40. The molecule has 29 heavy (non-hydrogen) atoms. The maximum Gasteiger partial charge on any atom is 0.340 e. The smallest absolute Gasteiger partial charge is 0.340 e. The normalized spacial score (nSPS) is 10.7. The molecule has 0 aliphatic rings. The van der Waals surface area contributed by atoms with Crippen LogP contribution in [0.25, 0.3) is 0 Å². The van der Waals surface area contributed by atoms with E-state index in [1.807, 2.05) is 32.0 Å². The number of nitrogens with zero attached hydrogens (tertiary/aromatic N) is 2. The fourth-order valence-electron chi connectivity index (χ4n) is 2.72. The van der Waals surface area contributed by atoms with E-state index < -0.39 is 5.97 Å². The molecular weight excluding hydrogens is 476 g/mol. The molecule has 1 heterocycles. The molecule has 8 heteroatoms. The third-order valence-electron chi connectivity index (χ3n) is 4.36. The van der Waals surface area contributed by atoms with Crippen LogP contribution < -0.4 is 4.90 Å². The standard InChI is InChI=1S/C21H18BrClN2O3S/c1-12-5-4-6-19(13(12)2)25(14(3)26)21-24-16(11-29-21)10-28-20(27)17-9-15(22)7-8-18(17)23/h4-9,11H,10H2,1-3H3. The Morgan fingerprint density at radius 3 is 2.72 bits per heavy atom. The molecule has 2 aromatic carbocycles. The minimum atomic E-state index is -0.538. The van der Waals surface area contributed by atoms with Crippen LogP contribution in [0, 0.1) is 13.8 Å². The fraction of sp³-hybridized carbons (Fsp3) is 0.190. The number of aryl methyl sites for hydroxylation is 1. The summed E-state index contributed by atoms with van der Waals surface area (Å²) in [6.07, 6.45) is 0. The van der Waals surface area contributed by atoms with E-state index >= 15 is 0 Å². The molecule has 0 unspecified atom stereocenters. The van der Waals surface area contributed by atoms with Crippen molar-refractivity contribution in [2.75, 3.05) is 4.90 Å². The quantitative estimate of drug-likeness (QED) is 0.396. The van der Waals surface area contributed by atoms with E-state index in [9.17, 15) is 9.59 Å². The van der Waals surface area contributed by atoms with Gasteiger partial charge in [-0.05, 0) is 49.2 Å². The Morgan fingerprint density at radius 2 is 2.00 bits per heavy atom. The zero-order valence-corrected chi connectivity index (χ0v) is 19.2. The van der Waals surface area contributed by atoms with Crippen molar-refractivity contribution in [1.29, 1.82) is 0 Å². The number of hydrogen-bond donors (Lipinski definition) is 0. The lowest BCUT2D eigenvalue weighted by molar-refractivity contribution is -0.115. The Kier molecular flexibility index (Phi) is 6.72. The van der Waals surface area contributed by atoms with Gasteiger partial charge < -0.3 is 4.74 Å². The molecule has 150 valence electrons. The topological polar surface area (TPSA) is 59.5 Å². The van der Waals surface area contributed by atoms with Gasteiger partial charge in [-0.3, -0.25) is 9.69 Å². The van der Waals surface area contributed by atoms with Crippen LogP contribution in [0.3, 0.4) is 0 Å². The van der Waals surface area contributed by atoms with E-state index in [0.717, 1.165) is 21.3 Å². The first-order valence-corrected chi connectivity index (χ1v) is 10.8. The molecule has 3 aromatic rings. The van der Waals surface area contributed by atoms with Gasteiger partial charge in [0.25, 0.3) is 0 Å². The molecule has 0 N–H and O–H groups in total.